The molecule has 2 aromatic carbocycles. The molecule has 3 aromatic rings. The number of benzene rings is 2. The molecule has 284 valence electrons. The van der Waals surface area contributed by atoms with Gasteiger partial charge in [-0.25, -0.2) is 19.4 Å². The molecule has 0 aliphatic heterocycles. The first-order valence-electron chi connectivity index (χ1n) is 17.0. The molecule has 2 amide bonds. The van der Waals surface area contributed by atoms with Crippen molar-refractivity contribution in [3.8, 4) is 11.5 Å². The number of rotatable bonds is 12. The molecule has 0 saturated heterocycles. The lowest BCUT2D eigenvalue weighted by Gasteiger charge is -2.29. The number of ether oxygens (including phenoxy) is 4. The van der Waals surface area contributed by atoms with Crippen LogP contribution in [0.3, 0.4) is 0 Å². The fourth-order valence-corrected chi connectivity index (χ4v) is 4.61. The molecule has 0 atom stereocenters. The average Bonchev–Trinajstić information content (AvgIpc) is 3.06. The number of carbonyl (C=O) groups is 5. The summed E-state index contributed by atoms with van der Waals surface area (Å²) < 4.78 is 22.0. The molecule has 0 aliphatic carbocycles. The maximum Gasteiger partial charge on any atom is 0.422 e. The minimum atomic E-state index is -1.35. The normalized spacial score (nSPS) is 11.2. The Morgan fingerprint density at radius 1 is 0.849 bits per heavy atom. The molecule has 0 saturated carbocycles. The Bertz CT molecular complexity index is 1830. The summed E-state index contributed by atoms with van der Waals surface area (Å²) in [6.07, 6.45) is 1.61. The van der Waals surface area contributed by atoms with Crippen molar-refractivity contribution in [3.63, 3.8) is 0 Å². The van der Waals surface area contributed by atoms with Gasteiger partial charge >= 0.3 is 23.8 Å². The summed E-state index contributed by atoms with van der Waals surface area (Å²) in [7, 11) is 0. The molecule has 0 fully saturated rings. The number of hydrogen-bond donors (Lipinski definition) is 2. The number of nitrogens with zero attached hydrogens (tertiary/aromatic N) is 3. The van der Waals surface area contributed by atoms with Crippen molar-refractivity contribution in [2.45, 2.75) is 80.4 Å². The van der Waals surface area contributed by atoms with E-state index in [1.807, 2.05) is 13.0 Å². The van der Waals surface area contributed by atoms with Crippen molar-refractivity contribution in [1.29, 1.82) is 0 Å². The largest absolute Gasteiger partial charge is 0.473 e. The van der Waals surface area contributed by atoms with Gasteiger partial charge in [0.1, 0.15) is 22.8 Å². The molecule has 0 aliphatic rings. The van der Waals surface area contributed by atoms with Gasteiger partial charge in [-0.2, -0.15) is 0 Å². The molecule has 0 spiro atoms. The Hall–Kier alpha value is -5.92. The van der Waals surface area contributed by atoms with E-state index in [1.165, 1.54) is 12.1 Å². The fourth-order valence-electron chi connectivity index (χ4n) is 4.61. The third-order valence-electron chi connectivity index (χ3n) is 7.05. The van der Waals surface area contributed by atoms with Crippen LogP contribution in [0.1, 0.15) is 68.0 Å². The molecule has 0 unspecified atom stereocenters. The lowest BCUT2D eigenvalue weighted by molar-refractivity contribution is -0.169. The van der Waals surface area contributed by atoms with Crippen molar-refractivity contribution < 1.29 is 42.9 Å². The molecular formula is C39H49N5O9. The molecule has 1 aromatic heterocycles. The molecule has 2 N–H and O–H groups in total. The summed E-state index contributed by atoms with van der Waals surface area (Å²) in [5.41, 5.74) is -1.54. The second kappa shape index (κ2) is 17.5. The number of esters is 3. The van der Waals surface area contributed by atoms with Crippen LogP contribution in [-0.4, -0.2) is 59.2 Å². The van der Waals surface area contributed by atoms with Crippen molar-refractivity contribution in [2.24, 2.45) is 5.92 Å². The zero-order valence-electron chi connectivity index (χ0n) is 32.0. The second-order valence-corrected chi connectivity index (χ2v) is 14.1. The van der Waals surface area contributed by atoms with Gasteiger partial charge in [-0.05, 0) is 91.9 Å². The molecule has 0 radical (unpaired) electrons. The van der Waals surface area contributed by atoms with E-state index in [0.717, 1.165) is 4.90 Å². The standard InChI is InChI=1S/C39H49N5O9/c1-12-43(13-2)32-20-19-29(25(5)41-32)44(34(46)35(47)52-38(6,7)8)30-21-28(40-23-50-26-17-15-14-16-18-26)31(22-27(30)42-33(45)24(3)4)51-36(48)37(49)53-39(9,10)11/h12,14-22,24,40H,1,13,23H2,2-11H3,(H,42,45). The highest BCUT2D eigenvalue weighted by atomic mass is 16.6. The lowest BCUT2D eigenvalue weighted by Crippen LogP contribution is -2.39. The Labute approximate surface area is 310 Å². The van der Waals surface area contributed by atoms with Gasteiger partial charge in [-0.3, -0.25) is 14.5 Å². The number of aromatic nitrogens is 1. The molecule has 0 bridgehead atoms. The topological polar surface area (TPSA) is 166 Å². The quantitative estimate of drug-likeness (QED) is 0.0882. The summed E-state index contributed by atoms with van der Waals surface area (Å²) in [5.74, 6) is -5.09. The summed E-state index contributed by atoms with van der Waals surface area (Å²) in [5, 5.41) is 5.78. The van der Waals surface area contributed by atoms with E-state index >= 15 is 0 Å². The van der Waals surface area contributed by atoms with E-state index in [9.17, 15) is 24.0 Å². The highest BCUT2D eigenvalue weighted by Crippen LogP contribution is 2.42. The van der Waals surface area contributed by atoms with Crippen LogP contribution in [0.2, 0.25) is 0 Å². The minimum Gasteiger partial charge on any atom is -0.473 e. The van der Waals surface area contributed by atoms with E-state index in [4.69, 9.17) is 18.9 Å². The van der Waals surface area contributed by atoms with E-state index in [1.54, 1.807) is 110 Å². The first kappa shape index (κ1) is 41.5. The number of pyridine rings is 1. The third-order valence-corrected chi connectivity index (χ3v) is 7.05. The van der Waals surface area contributed by atoms with Crippen molar-refractivity contribution in [3.05, 3.63) is 73.1 Å². The number of aryl methyl sites for hydroxylation is 1. The lowest BCUT2D eigenvalue weighted by atomic mass is 10.1. The molecule has 53 heavy (non-hydrogen) atoms. The van der Waals surface area contributed by atoms with Gasteiger partial charge in [-0.1, -0.05) is 38.6 Å². The Morgan fingerprint density at radius 3 is 2.02 bits per heavy atom. The van der Waals surface area contributed by atoms with E-state index in [0.29, 0.717) is 23.8 Å². The van der Waals surface area contributed by atoms with E-state index in [2.05, 4.69) is 22.2 Å². The van der Waals surface area contributed by atoms with Crippen LogP contribution in [0.4, 0.5) is 28.6 Å². The second-order valence-electron chi connectivity index (χ2n) is 14.1. The molecule has 1 heterocycles. The summed E-state index contributed by atoms with van der Waals surface area (Å²) >= 11 is 0. The highest BCUT2D eigenvalue weighted by molar-refractivity contribution is 6.40. The molecule has 14 heteroatoms. The molecule has 14 nitrogen and oxygen atoms in total. The zero-order chi connectivity index (χ0) is 39.7. The van der Waals surface area contributed by atoms with Gasteiger partial charge in [0.2, 0.25) is 5.91 Å². The monoisotopic (exact) mass is 731 g/mol. The van der Waals surface area contributed by atoms with Gasteiger partial charge in [0, 0.05) is 18.5 Å². The SMILES string of the molecule is C=CN(CC)c1ccc(N(C(=O)C(=O)OC(C)(C)C)c2cc(NCOc3ccccc3)c(OC(=O)C(=O)OC(C)(C)C)cc2NC(=O)C(C)C)c(C)n1. The van der Waals surface area contributed by atoms with Gasteiger partial charge in [0.05, 0.1) is 28.4 Å². The fraction of sp³-hybridized carbons (Fsp3) is 0.385. The van der Waals surface area contributed by atoms with Crippen LogP contribution >= 0.6 is 0 Å². The van der Waals surface area contributed by atoms with Crippen LogP contribution in [0.25, 0.3) is 0 Å². The number of hydrogen-bond acceptors (Lipinski definition) is 12. The summed E-state index contributed by atoms with van der Waals surface area (Å²) in [6, 6.07) is 14.7. The maximum absolute atomic E-state index is 14.3. The Kier molecular flexibility index (Phi) is 13.7. The number of para-hydroxylation sites is 1. The van der Waals surface area contributed by atoms with E-state index in [-0.39, 0.29) is 35.2 Å². The minimum absolute atomic E-state index is 0.0251. The smallest absolute Gasteiger partial charge is 0.422 e. The van der Waals surface area contributed by atoms with Crippen LogP contribution in [0.15, 0.2) is 67.4 Å². The number of nitrogens with one attached hydrogen (secondary N) is 2. The third kappa shape index (κ3) is 11.8. The van der Waals surface area contributed by atoms with Crippen molar-refractivity contribution >= 4 is 58.3 Å². The first-order valence-corrected chi connectivity index (χ1v) is 17.0. The predicted octanol–water partition coefficient (Wildman–Crippen LogP) is 6.66. The van der Waals surface area contributed by atoms with Crippen LogP contribution < -0.4 is 29.9 Å². The van der Waals surface area contributed by atoms with Gasteiger partial charge in [0.25, 0.3) is 0 Å². The molecule has 3 rings (SSSR count). The van der Waals surface area contributed by atoms with E-state index < -0.39 is 46.8 Å². The van der Waals surface area contributed by atoms with Crippen molar-refractivity contribution in [2.75, 3.05) is 33.7 Å². The summed E-state index contributed by atoms with van der Waals surface area (Å²) in [4.78, 5) is 74.2. The maximum atomic E-state index is 14.3. The van der Waals surface area contributed by atoms with Gasteiger partial charge < -0.3 is 34.5 Å². The summed E-state index contributed by atoms with van der Waals surface area (Å²) in [6.45, 7) is 20.7. The molecular weight excluding hydrogens is 682 g/mol. The first-order chi connectivity index (χ1) is 24.7. The van der Waals surface area contributed by atoms with Crippen LogP contribution in [0.5, 0.6) is 11.5 Å². The number of anilines is 5. The van der Waals surface area contributed by atoms with Gasteiger partial charge in [0.15, 0.2) is 12.5 Å². The number of amides is 2. The van der Waals surface area contributed by atoms with Crippen LogP contribution in [0, 0.1) is 12.8 Å². The zero-order valence-corrected chi connectivity index (χ0v) is 32.0. The van der Waals surface area contributed by atoms with Gasteiger partial charge in [-0.15, -0.1) is 0 Å². The highest BCUT2D eigenvalue weighted by Gasteiger charge is 2.34. The van der Waals surface area contributed by atoms with Crippen molar-refractivity contribution in [1.82, 2.24) is 4.98 Å². The van der Waals surface area contributed by atoms with Crippen LogP contribution in [-0.2, 0) is 33.4 Å². The predicted molar refractivity (Wildman–Crippen MR) is 202 cm³/mol. The average molecular weight is 732 g/mol. The Morgan fingerprint density at radius 2 is 1.47 bits per heavy atom. The number of carbonyl (C=O) groups excluding carboxylic acids is 5. The Balaban J connectivity index is 2.33.